The normalized spacial score (nSPS) is 11.3. The molecule has 0 atom stereocenters. The van der Waals surface area contributed by atoms with E-state index in [0.717, 1.165) is 72.1 Å². The van der Waals surface area contributed by atoms with E-state index in [1.807, 2.05) is 78.9 Å². The molecule has 10 rings (SSSR count). The summed E-state index contributed by atoms with van der Waals surface area (Å²) in [5.74, 6) is 1.81. The Labute approximate surface area is 312 Å². The van der Waals surface area contributed by atoms with Crippen molar-refractivity contribution in [2.75, 3.05) is 0 Å². The Kier molecular flexibility index (Phi) is 7.73. The van der Waals surface area contributed by atoms with Crippen LogP contribution < -0.4 is 0 Å². The smallest absolute Gasteiger partial charge is 0.164 e. The third-order valence-electron chi connectivity index (χ3n) is 9.93. The first-order valence-electron chi connectivity index (χ1n) is 18.0. The molecular weight excluding hydrogens is 659 g/mol. The van der Waals surface area contributed by atoms with Gasteiger partial charge in [0, 0.05) is 38.6 Å². The minimum Gasteiger partial charge on any atom is -0.245 e. The molecule has 0 saturated heterocycles. The quantitative estimate of drug-likeness (QED) is 0.163. The van der Waals surface area contributed by atoms with E-state index in [4.69, 9.17) is 24.9 Å². The van der Waals surface area contributed by atoms with E-state index in [0.29, 0.717) is 17.5 Å². The Morgan fingerprint density at radius 3 is 1.52 bits per heavy atom. The number of hydrogen-bond acceptors (Lipinski definition) is 5. The molecule has 0 N–H and O–H groups in total. The third-order valence-corrected chi connectivity index (χ3v) is 9.93. The average Bonchev–Trinajstić information content (AvgIpc) is 3.26. The van der Waals surface area contributed by atoms with Gasteiger partial charge in [0.2, 0.25) is 0 Å². The highest BCUT2D eigenvalue weighted by atomic mass is 15.0. The van der Waals surface area contributed by atoms with Crippen LogP contribution in [0.5, 0.6) is 0 Å². The zero-order valence-corrected chi connectivity index (χ0v) is 29.1. The van der Waals surface area contributed by atoms with Crippen LogP contribution in [0.15, 0.2) is 188 Å². The monoisotopic (exact) mass is 689 g/mol. The number of benzene rings is 7. The maximum Gasteiger partial charge on any atom is 0.164 e. The molecule has 0 unspecified atom stereocenters. The average molecular weight is 690 g/mol. The molecule has 0 spiro atoms. The lowest BCUT2D eigenvalue weighted by atomic mass is 9.95. The highest BCUT2D eigenvalue weighted by Crippen LogP contribution is 2.39. The standard InChI is InChI=1S/C49H31N5/c1-4-15-33(16-5-1)42-31-44(51-46-40(42)29-27-34-28-30-43(50-45(34)46)38-26-14-22-32-17-10-11-23-37(32)38)39-24-12-13-25-41(39)49-53-47(35-18-6-2-7-19-35)52-48(54-49)36-20-8-3-9-21-36/h1-31H. The van der Waals surface area contributed by atoms with Crippen molar-refractivity contribution in [3.8, 4) is 67.8 Å². The van der Waals surface area contributed by atoms with Gasteiger partial charge in [-0.25, -0.2) is 24.9 Å². The lowest BCUT2D eigenvalue weighted by molar-refractivity contribution is 1.07. The molecule has 7 aromatic carbocycles. The largest absolute Gasteiger partial charge is 0.245 e. The first kappa shape index (κ1) is 31.4. The van der Waals surface area contributed by atoms with Gasteiger partial charge in [0.05, 0.1) is 22.4 Å². The van der Waals surface area contributed by atoms with Gasteiger partial charge in [-0.3, -0.25) is 0 Å². The molecule has 5 heteroatoms. The molecule has 0 fully saturated rings. The van der Waals surface area contributed by atoms with Crippen molar-refractivity contribution < 1.29 is 0 Å². The molecule has 0 radical (unpaired) electrons. The van der Waals surface area contributed by atoms with Gasteiger partial charge < -0.3 is 0 Å². The van der Waals surface area contributed by atoms with Gasteiger partial charge >= 0.3 is 0 Å². The van der Waals surface area contributed by atoms with Crippen LogP contribution in [-0.4, -0.2) is 24.9 Å². The number of nitrogens with zero attached hydrogens (tertiary/aromatic N) is 5. The van der Waals surface area contributed by atoms with Gasteiger partial charge in [-0.1, -0.05) is 176 Å². The highest BCUT2D eigenvalue weighted by molar-refractivity contribution is 6.10. The van der Waals surface area contributed by atoms with Crippen LogP contribution in [0.3, 0.4) is 0 Å². The second kappa shape index (κ2) is 13.3. The summed E-state index contributed by atoms with van der Waals surface area (Å²) in [6.07, 6.45) is 0. The summed E-state index contributed by atoms with van der Waals surface area (Å²) in [6.45, 7) is 0. The minimum absolute atomic E-state index is 0.579. The number of hydrogen-bond donors (Lipinski definition) is 0. The molecule has 3 aromatic heterocycles. The lowest BCUT2D eigenvalue weighted by Crippen LogP contribution is -2.01. The second-order valence-corrected chi connectivity index (χ2v) is 13.3. The van der Waals surface area contributed by atoms with Crippen molar-refractivity contribution in [2.24, 2.45) is 0 Å². The fraction of sp³-hybridized carbons (Fsp3) is 0. The van der Waals surface area contributed by atoms with E-state index in [2.05, 4.69) is 109 Å². The van der Waals surface area contributed by atoms with E-state index in [9.17, 15) is 0 Å². The lowest BCUT2D eigenvalue weighted by Gasteiger charge is -2.15. The topological polar surface area (TPSA) is 64.5 Å². The molecule has 0 saturated carbocycles. The van der Waals surface area contributed by atoms with Crippen LogP contribution in [-0.2, 0) is 0 Å². The summed E-state index contributed by atoms with van der Waals surface area (Å²) in [4.78, 5) is 25.9. The SMILES string of the molecule is c1ccc(-c2nc(-c3ccccc3)nc(-c3ccccc3-c3cc(-c4ccccc4)c4ccc5ccc(-c6cccc7ccccc67)nc5c4n3)n2)cc1. The Hall–Kier alpha value is -7.37. The van der Waals surface area contributed by atoms with E-state index < -0.39 is 0 Å². The predicted octanol–water partition coefficient (Wildman–Crippen LogP) is 12.1. The molecule has 0 aliphatic heterocycles. The summed E-state index contributed by atoms with van der Waals surface area (Å²) in [7, 11) is 0. The summed E-state index contributed by atoms with van der Waals surface area (Å²) in [5, 5.41) is 4.42. The fourth-order valence-electron chi connectivity index (χ4n) is 7.30. The first-order chi connectivity index (χ1) is 26.8. The van der Waals surface area contributed by atoms with E-state index in [1.54, 1.807) is 0 Å². The molecule has 3 heterocycles. The molecular formula is C49H31N5. The van der Waals surface area contributed by atoms with Gasteiger partial charge in [0.15, 0.2) is 17.5 Å². The van der Waals surface area contributed by atoms with Crippen molar-refractivity contribution >= 4 is 32.6 Å². The van der Waals surface area contributed by atoms with Gasteiger partial charge in [0.1, 0.15) is 0 Å². The molecule has 0 amide bonds. The number of pyridine rings is 2. The maximum atomic E-state index is 5.47. The molecule has 0 aliphatic rings. The number of rotatable bonds is 6. The first-order valence-corrected chi connectivity index (χ1v) is 18.0. The maximum absolute atomic E-state index is 5.47. The van der Waals surface area contributed by atoms with Crippen LogP contribution in [0.2, 0.25) is 0 Å². The highest BCUT2D eigenvalue weighted by Gasteiger charge is 2.19. The van der Waals surface area contributed by atoms with Crippen LogP contribution in [0.25, 0.3) is 100 Å². The van der Waals surface area contributed by atoms with E-state index in [-0.39, 0.29) is 0 Å². The van der Waals surface area contributed by atoms with Gasteiger partial charge in [-0.05, 0) is 34.0 Å². The Morgan fingerprint density at radius 2 is 0.796 bits per heavy atom. The third kappa shape index (κ3) is 5.65. The van der Waals surface area contributed by atoms with Crippen molar-refractivity contribution in [2.45, 2.75) is 0 Å². The van der Waals surface area contributed by atoms with Crippen molar-refractivity contribution in [1.82, 2.24) is 24.9 Å². The second-order valence-electron chi connectivity index (χ2n) is 13.3. The van der Waals surface area contributed by atoms with E-state index in [1.165, 1.54) is 10.8 Å². The van der Waals surface area contributed by atoms with Gasteiger partial charge in [-0.2, -0.15) is 0 Å². The fourth-order valence-corrected chi connectivity index (χ4v) is 7.30. The summed E-state index contributed by atoms with van der Waals surface area (Å²) in [6, 6.07) is 64.5. The summed E-state index contributed by atoms with van der Waals surface area (Å²) in [5.41, 5.74) is 10.3. The minimum atomic E-state index is 0.579. The molecule has 5 nitrogen and oxygen atoms in total. The van der Waals surface area contributed by atoms with Crippen LogP contribution in [0, 0.1) is 0 Å². The zero-order chi connectivity index (χ0) is 35.8. The van der Waals surface area contributed by atoms with Crippen LogP contribution in [0.1, 0.15) is 0 Å². The van der Waals surface area contributed by atoms with Crippen LogP contribution in [0.4, 0.5) is 0 Å². The van der Waals surface area contributed by atoms with Crippen molar-refractivity contribution in [3.63, 3.8) is 0 Å². The summed E-state index contributed by atoms with van der Waals surface area (Å²) >= 11 is 0. The van der Waals surface area contributed by atoms with E-state index >= 15 is 0 Å². The van der Waals surface area contributed by atoms with Gasteiger partial charge in [-0.15, -0.1) is 0 Å². The van der Waals surface area contributed by atoms with Crippen molar-refractivity contribution in [3.05, 3.63) is 188 Å². The predicted molar refractivity (Wildman–Crippen MR) is 221 cm³/mol. The van der Waals surface area contributed by atoms with Crippen LogP contribution >= 0.6 is 0 Å². The Morgan fingerprint density at radius 1 is 0.259 bits per heavy atom. The number of aromatic nitrogens is 5. The molecule has 252 valence electrons. The molecule has 54 heavy (non-hydrogen) atoms. The molecule has 0 aliphatic carbocycles. The van der Waals surface area contributed by atoms with Gasteiger partial charge in [0.25, 0.3) is 0 Å². The van der Waals surface area contributed by atoms with Crippen molar-refractivity contribution in [1.29, 1.82) is 0 Å². The number of fused-ring (bicyclic) bond motifs is 4. The molecule has 10 aromatic rings. The summed E-state index contributed by atoms with van der Waals surface area (Å²) < 4.78 is 0. The zero-order valence-electron chi connectivity index (χ0n) is 29.1. The Balaban J connectivity index is 1.22. The molecule has 0 bridgehead atoms. The Bertz CT molecular complexity index is 2920.